The van der Waals surface area contributed by atoms with Crippen LogP contribution in [0.1, 0.15) is 25.7 Å². The number of nitrogens with zero attached hydrogens (tertiary/aromatic N) is 1. The number of hydrogen-bond donors (Lipinski definition) is 5. The number of nitrogens with one attached hydrogen (secondary N) is 1. The van der Waals surface area contributed by atoms with Gasteiger partial charge in [0.1, 0.15) is 0 Å². The van der Waals surface area contributed by atoms with Crippen LogP contribution in [-0.2, 0) is 19.2 Å². The van der Waals surface area contributed by atoms with Gasteiger partial charge in [0, 0.05) is 12.2 Å². The molecule has 3 atom stereocenters. The Bertz CT molecular complexity index is 897. The molecule has 1 heterocycles. The van der Waals surface area contributed by atoms with Crippen molar-refractivity contribution in [2.45, 2.75) is 30.8 Å². The highest BCUT2D eigenvalue weighted by atomic mass is 32.2. The molecule has 0 saturated heterocycles. The van der Waals surface area contributed by atoms with Gasteiger partial charge in [0.25, 0.3) is 0 Å². The number of para-hydroxylation sites is 2. The molecule has 0 aliphatic rings. The van der Waals surface area contributed by atoms with Gasteiger partial charge in [0.2, 0.25) is 5.91 Å². The summed E-state index contributed by atoms with van der Waals surface area (Å²) in [7, 11) is 0. The van der Waals surface area contributed by atoms with Gasteiger partial charge in [-0.15, -0.1) is 0 Å². The number of primary amides is 1. The number of amides is 1. The van der Waals surface area contributed by atoms with E-state index in [4.69, 9.17) is 5.73 Å². The number of aromatic amines is 1. The summed E-state index contributed by atoms with van der Waals surface area (Å²) in [4.78, 5) is 53.1. The molecule has 2 rings (SSSR count). The number of H-pyrrole nitrogens is 1. The van der Waals surface area contributed by atoms with E-state index < -0.39 is 41.6 Å². The lowest BCUT2D eigenvalue weighted by Crippen LogP contribution is -2.29. The second-order valence-corrected chi connectivity index (χ2v) is 7.96. The van der Waals surface area contributed by atoms with Gasteiger partial charge in [-0.2, -0.15) is 0 Å². The number of nitrogens with two attached hydrogens (primary N) is 1. The average molecular weight is 437 g/mol. The van der Waals surface area contributed by atoms with E-state index in [2.05, 4.69) is 9.97 Å². The first-order chi connectivity index (χ1) is 14.2. The molecular weight excluding hydrogens is 414 g/mol. The van der Waals surface area contributed by atoms with Crippen molar-refractivity contribution < 1.29 is 34.5 Å². The number of benzene rings is 1. The van der Waals surface area contributed by atoms with E-state index in [9.17, 15) is 34.5 Å². The molecule has 162 valence electrons. The van der Waals surface area contributed by atoms with Crippen LogP contribution in [0.5, 0.6) is 0 Å². The molecule has 30 heavy (non-hydrogen) atoms. The summed E-state index contributed by atoms with van der Waals surface area (Å²) in [5, 5.41) is 28.8. The summed E-state index contributed by atoms with van der Waals surface area (Å²) < 4.78 is 0. The van der Waals surface area contributed by atoms with Crippen molar-refractivity contribution in [1.82, 2.24) is 9.97 Å². The Morgan fingerprint density at radius 2 is 1.57 bits per heavy atom. The number of aromatic nitrogens is 2. The Kier molecular flexibility index (Phi) is 8.22. The van der Waals surface area contributed by atoms with Crippen molar-refractivity contribution in [1.29, 1.82) is 0 Å². The van der Waals surface area contributed by atoms with Gasteiger partial charge in [-0.3, -0.25) is 19.2 Å². The monoisotopic (exact) mass is 437 g/mol. The second-order valence-electron chi connectivity index (χ2n) is 6.95. The fraction of sp³-hybridized carbons (Fsp3) is 0.421. The lowest BCUT2D eigenvalue weighted by Gasteiger charge is -2.20. The van der Waals surface area contributed by atoms with Crippen molar-refractivity contribution >= 4 is 46.6 Å². The number of hydrogen-bond acceptors (Lipinski definition) is 6. The third-order valence-corrected chi connectivity index (χ3v) is 5.75. The maximum absolute atomic E-state index is 11.7. The highest BCUT2D eigenvalue weighted by Gasteiger charge is 2.32. The summed E-state index contributed by atoms with van der Waals surface area (Å²) in [6.07, 6.45) is -0.803. The minimum absolute atomic E-state index is 0.0674. The van der Waals surface area contributed by atoms with E-state index in [1.165, 1.54) is 0 Å². The molecule has 0 aliphatic heterocycles. The van der Waals surface area contributed by atoms with Crippen molar-refractivity contribution in [2.75, 3.05) is 5.75 Å². The number of fused-ring (bicyclic) bond motifs is 1. The van der Waals surface area contributed by atoms with Crippen LogP contribution < -0.4 is 5.73 Å². The standard InChI is InChI=1S/C19H23N3O7S/c20-15(23)6-5-10(16(24)25)7-11(17(26)27)8-12(18(28)29)9-30-19-21-13-3-1-2-4-14(13)22-19/h1-4,10-12H,5-9H2,(H2,20,23)(H,21,22)(H,24,25)(H,26,27)(H,28,29). The predicted octanol–water partition coefficient (Wildman–Crippen LogP) is 1.80. The van der Waals surface area contributed by atoms with Gasteiger partial charge in [-0.25, -0.2) is 4.98 Å². The Labute approximate surface area is 175 Å². The van der Waals surface area contributed by atoms with Crippen LogP contribution >= 0.6 is 11.8 Å². The summed E-state index contributed by atoms with van der Waals surface area (Å²) in [6, 6.07) is 7.30. The zero-order chi connectivity index (χ0) is 22.3. The molecule has 0 saturated carbocycles. The molecule has 1 aromatic carbocycles. The molecule has 11 heteroatoms. The first kappa shape index (κ1) is 23.2. The largest absolute Gasteiger partial charge is 0.481 e. The third-order valence-electron chi connectivity index (χ3n) is 4.71. The fourth-order valence-corrected chi connectivity index (χ4v) is 4.04. The second kappa shape index (κ2) is 10.6. The average Bonchev–Trinajstić information content (AvgIpc) is 3.08. The van der Waals surface area contributed by atoms with Crippen LogP contribution in [0.4, 0.5) is 0 Å². The maximum Gasteiger partial charge on any atom is 0.307 e. The topological polar surface area (TPSA) is 184 Å². The van der Waals surface area contributed by atoms with Gasteiger partial charge in [0.15, 0.2) is 5.16 Å². The fourth-order valence-electron chi connectivity index (χ4n) is 3.06. The molecule has 1 aromatic heterocycles. The third kappa shape index (κ3) is 6.76. The number of aliphatic carboxylic acids is 3. The molecule has 0 bridgehead atoms. The van der Waals surface area contributed by atoms with Crippen LogP contribution in [0.25, 0.3) is 11.0 Å². The summed E-state index contributed by atoms with van der Waals surface area (Å²) in [5.74, 6) is -7.61. The quantitative estimate of drug-likeness (QED) is 0.291. The van der Waals surface area contributed by atoms with Crippen LogP contribution in [0.2, 0.25) is 0 Å². The normalized spacial score (nSPS) is 14.1. The summed E-state index contributed by atoms with van der Waals surface area (Å²) in [5.41, 5.74) is 6.57. The first-order valence-corrected chi connectivity index (χ1v) is 10.2. The van der Waals surface area contributed by atoms with Crippen LogP contribution in [0, 0.1) is 17.8 Å². The molecule has 0 radical (unpaired) electrons. The van der Waals surface area contributed by atoms with Crippen molar-refractivity contribution in [3.8, 4) is 0 Å². The number of rotatable bonds is 13. The molecule has 10 nitrogen and oxygen atoms in total. The van der Waals surface area contributed by atoms with Gasteiger partial charge < -0.3 is 26.0 Å². The Morgan fingerprint density at radius 1 is 0.967 bits per heavy atom. The lowest BCUT2D eigenvalue weighted by atomic mass is 9.85. The van der Waals surface area contributed by atoms with E-state index >= 15 is 0 Å². The molecule has 3 unspecified atom stereocenters. The zero-order valence-electron chi connectivity index (χ0n) is 16.0. The number of carbonyl (C=O) groups is 4. The van der Waals surface area contributed by atoms with Gasteiger partial charge in [-0.05, 0) is 31.4 Å². The molecule has 0 fully saturated rings. The predicted molar refractivity (Wildman–Crippen MR) is 108 cm³/mol. The van der Waals surface area contributed by atoms with E-state index in [1.807, 2.05) is 24.3 Å². The number of carboxylic acid groups (broad SMARTS) is 3. The number of thioether (sulfide) groups is 1. The summed E-state index contributed by atoms with van der Waals surface area (Å²) in [6.45, 7) is 0. The van der Waals surface area contributed by atoms with E-state index in [-0.39, 0.29) is 31.4 Å². The van der Waals surface area contributed by atoms with E-state index in [0.29, 0.717) is 5.16 Å². The number of carboxylic acids is 3. The van der Waals surface area contributed by atoms with Crippen LogP contribution in [-0.4, -0.2) is 54.9 Å². The molecular formula is C19H23N3O7S. The highest BCUT2D eigenvalue weighted by molar-refractivity contribution is 7.99. The van der Waals surface area contributed by atoms with Gasteiger partial charge in [0.05, 0.1) is 28.8 Å². The minimum Gasteiger partial charge on any atom is -0.481 e. The smallest absolute Gasteiger partial charge is 0.307 e. The van der Waals surface area contributed by atoms with Crippen molar-refractivity contribution in [3.05, 3.63) is 24.3 Å². The molecule has 1 amide bonds. The molecule has 2 aromatic rings. The zero-order valence-corrected chi connectivity index (χ0v) is 16.8. The van der Waals surface area contributed by atoms with Crippen molar-refractivity contribution in [2.24, 2.45) is 23.5 Å². The summed E-state index contributed by atoms with van der Waals surface area (Å²) >= 11 is 1.16. The van der Waals surface area contributed by atoms with Crippen LogP contribution in [0.3, 0.4) is 0 Å². The highest BCUT2D eigenvalue weighted by Crippen LogP contribution is 2.28. The molecule has 6 N–H and O–H groups in total. The van der Waals surface area contributed by atoms with Gasteiger partial charge in [-0.1, -0.05) is 23.9 Å². The molecule has 0 spiro atoms. The Morgan fingerprint density at radius 3 is 2.13 bits per heavy atom. The Balaban J connectivity index is 2.04. The minimum atomic E-state index is -1.28. The lowest BCUT2D eigenvalue weighted by molar-refractivity contribution is -0.147. The first-order valence-electron chi connectivity index (χ1n) is 9.21. The van der Waals surface area contributed by atoms with Crippen LogP contribution in [0.15, 0.2) is 29.4 Å². The molecule has 0 aliphatic carbocycles. The maximum atomic E-state index is 11.7. The van der Waals surface area contributed by atoms with E-state index in [0.717, 1.165) is 22.8 Å². The van der Waals surface area contributed by atoms with Crippen molar-refractivity contribution in [3.63, 3.8) is 0 Å². The Hall–Kier alpha value is -3.08. The van der Waals surface area contributed by atoms with E-state index in [1.54, 1.807) is 0 Å². The van der Waals surface area contributed by atoms with Gasteiger partial charge >= 0.3 is 17.9 Å². The number of imidazole rings is 1. The number of carbonyl (C=O) groups excluding carboxylic acids is 1. The SMILES string of the molecule is NC(=O)CCC(CC(CC(CSc1nc2ccccc2[nH]1)C(=O)O)C(=O)O)C(=O)O.